The lowest BCUT2D eigenvalue weighted by Gasteiger charge is -2.31. The van der Waals surface area contributed by atoms with E-state index in [2.05, 4.69) is 0 Å². The second-order valence-corrected chi connectivity index (χ2v) is 19.1. The van der Waals surface area contributed by atoms with E-state index >= 15 is 0 Å². The molecule has 0 radical (unpaired) electrons. The molecule has 2 atom stereocenters. The molecule has 0 bridgehead atoms. The number of ether oxygens (including phenoxy) is 1. The first kappa shape index (κ1) is 56.6. The van der Waals surface area contributed by atoms with E-state index in [1.807, 2.05) is 0 Å². The molecule has 388 valence electrons. The van der Waals surface area contributed by atoms with Crippen LogP contribution in [0.15, 0.2) is 60.7 Å². The molecule has 0 saturated heterocycles. The topological polar surface area (TPSA) is 86.5 Å². The summed E-state index contributed by atoms with van der Waals surface area (Å²) in [7, 11) is 0. The van der Waals surface area contributed by atoms with E-state index in [9.17, 15) is 75.8 Å². The fraction of sp³-hybridized carbons (Fsp3) is 0.481. The van der Waals surface area contributed by atoms with E-state index in [0.717, 1.165) is 35.1 Å². The van der Waals surface area contributed by atoms with Crippen molar-refractivity contribution in [2.75, 3.05) is 0 Å². The second-order valence-electron chi connectivity index (χ2n) is 19.1. The van der Waals surface area contributed by atoms with Crippen molar-refractivity contribution in [2.45, 2.75) is 160 Å². The zero-order valence-corrected chi connectivity index (χ0v) is 39.8. The smallest absolute Gasteiger partial charge is 0.435 e. The molecule has 0 saturated carbocycles. The molecule has 0 aliphatic heterocycles. The fourth-order valence-corrected chi connectivity index (χ4v) is 9.32. The van der Waals surface area contributed by atoms with Crippen LogP contribution in [0.2, 0.25) is 0 Å². The summed E-state index contributed by atoms with van der Waals surface area (Å²) in [5.74, 6) is -1.09. The predicted molar refractivity (Wildman–Crippen MR) is 237 cm³/mol. The zero-order valence-electron chi connectivity index (χ0n) is 39.8. The van der Waals surface area contributed by atoms with Crippen LogP contribution in [0.3, 0.4) is 0 Å². The predicted octanol–water partition coefficient (Wildman–Crippen LogP) is 14.3. The average Bonchev–Trinajstić information content (AvgIpc) is 3.83. The van der Waals surface area contributed by atoms with Crippen molar-refractivity contribution in [3.8, 4) is 0 Å². The molecule has 2 aliphatic carbocycles. The van der Waals surface area contributed by atoms with Gasteiger partial charge < -0.3 is 10.5 Å². The molecule has 71 heavy (non-hydrogen) atoms. The molecular weight excluding hydrogens is 969 g/mol. The molecule has 19 heteroatoms. The number of ketones is 2. The van der Waals surface area contributed by atoms with Gasteiger partial charge >= 0.3 is 42.0 Å². The van der Waals surface area contributed by atoms with Crippen molar-refractivity contribution in [3.63, 3.8) is 0 Å². The van der Waals surface area contributed by atoms with Crippen molar-refractivity contribution in [2.24, 2.45) is 5.73 Å². The SMILES string of the molecule is CCc1cc(C(F)(C(F)(F)F)C(F)(F)F)cc(C)c1CC(=O)c1ccc2c(c1)CCC2CC(=O)OC(C)(C)C.CCc1cc(C(F)(C(F)(F)F)C(F)(F)F)cc(C)c1CC(=O)c1ccc2c(c1)CCC2N. The molecule has 4 aromatic rings. The van der Waals surface area contributed by atoms with E-state index < -0.39 is 52.8 Å². The minimum absolute atomic E-state index is 0.000376. The van der Waals surface area contributed by atoms with Crippen molar-refractivity contribution in [3.05, 3.63) is 139 Å². The number of fused-ring (bicyclic) bond motifs is 2. The third kappa shape index (κ3) is 11.6. The van der Waals surface area contributed by atoms with E-state index in [4.69, 9.17) is 10.5 Å². The Labute approximate surface area is 401 Å². The van der Waals surface area contributed by atoms with Crippen LogP contribution < -0.4 is 5.73 Å². The Bertz CT molecular complexity index is 2630. The van der Waals surface area contributed by atoms with Crippen molar-refractivity contribution in [1.29, 1.82) is 0 Å². The maximum Gasteiger partial charge on any atom is 0.435 e. The number of hydrogen-bond acceptors (Lipinski definition) is 5. The number of esters is 1. The van der Waals surface area contributed by atoms with Crippen LogP contribution in [0.1, 0.15) is 153 Å². The number of hydrogen-bond donors (Lipinski definition) is 1. The van der Waals surface area contributed by atoms with Crippen molar-refractivity contribution >= 4 is 17.5 Å². The van der Waals surface area contributed by atoms with Gasteiger partial charge in [0.05, 0.1) is 6.42 Å². The normalized spacial score (nSPS) is 16.5. The summed E-state index contributed by atoms with van der Waals surface area (Å²) < 4.78 is 193. The Morgan fingerprint density at radius 2 is 0.944 bits per heavy atom. The summed E-state index contributed by atoms with van der Waals surface area (Å²) in [4.78, 5) is 38.3. The first-order chi connectivity index (χ1) is 32.5. The second kappa shape index (κ2) is 20.3. The Hall–Kier alpha value is -5.33. The number of carbonyl (C=O) groups is 3. The minimum atomic E-state index is -6.22. The highest BCUT2D eigenvalue weighted by Gasteiger charge is 2.74. The third-order valence-electron chi connectivity index (χ3n) is 13.0. The van der Waals surface area contributed by atoms with Gasteiger partial charge in [-0.05, 0) is 147 Å². The Balaban J connectivity index is 0.000000269. The lowest BCUT2D eigenvalue weighted by atomic mass is 9.85. The summed E-state index contributed by atoms with van der Waals surface area (Å²) in [6, 6.07) is 12.3. The highest BCUT2D eigenvalue weighted by molar-refractivity contribution is 5.99. The highest BCUT2D eigenvalue weighted by atomic mass is 19.4. The maximum absolute atomic E-state index is 14.7. The standard InChI is InChI=1S/C29H31F7O3.C23H22F7NO/c1-6-17-13-21(27(30,28(31,32)33)29(34,35)36)11-16(2)23(17)15-24(37)20-9-10-22-18(12-20)7-8-19(22)14-25(38)39-26(3,4)5;1-3-13-10-16(21(24,22(25,26)27)23(28,29)30)8-12(2)18(13)11-20(32)15-4-6-17-14(9-15)5-7-19(17)31/h9-13,19H,6-8,14-15H2,1-5H3;4,6,8-10,19H,3,5,7,11,31H2,1-2H3. The van der Waals surface area contributed by atoms with Crippen LogP contribution >= 0.6 is 0 Å². The monoisotopic (exact) mass is 1020 g/mol. The molecule has 0 aromatic heterocycles. The fourth-order valence-electron chi connectivity index (χ4n) is 9.32. The van der Waals surface area contributed by atoms with E-state index in [-0.39, 0.29) is 89.4 Å². The van der Waals surface area contributed by atoms with Crippen molar-refractivity contribution < 1.29 is 80.6 Å². The van der Waals surface area contributed by atoms with Gasteiger partial charge in [0.15, 0.2) is 11.6 Å². The summed E-state index contributed by atoms with van der Waals surface area (Å²) in [5.41, 5.74) is -3.67. The third-order valence-corrected chi connectivity index (χ3v) is 13.0. The van der Waals surface area contributed by atoms with Gasteiger partial charge in [-0.1, -0.05) is 62.4 Å². The van der Waals surface area contributed by atoms with Crippen LogP contribution in [-0.2, 0) is 59.4 Å². The van der Waals surface area contributed by atoms with Gasteiger partial charge in [0.25, 0.3) is 0 Å². The first-order valence-corrected chi connectivity index (χ1v) is 22.7. The van der Waals surface area contributed by atoms with Gasteiger partial charge in [0.2, 0.25) is 0 Å². The number of halogens is 14. The summed E-state index contributed by atoms with van der Waals surface area (Å²) in [5, 5.41) is 0. The summed E-state index contributed by atoms with van der Waals surface area (Å²) in [6.07, 6.45) is -22.2. The molecule has 5 nitrogen and oxygen atoms in total. The number of aryl methyl sites for hydroxylation is 6. The van der Waals surface area contributed by atoms with Crippen LogP contribution in [0, 0.1) is 13.8 Å². The number of alkyl halides is 14. The van der Waals surface area contributed by atoms with Crippen LogP contribution in [0.5, 0.6) is 0 Å². The van der Waals surface area contributed by atoms with Gasteiger partial charge in [-0.25, -0.2) is 8.78 Å². The molecule has 4 aromatic carbocycles. The number of nitrogens with two attached hydrogens (primary N) is 1. The molecule has 0 heterocycles. The number of Topliss-reactive ketones (excluding diaryl/α,β-unsaturated/α-hetero) is 2. The van der Waals surface area contributed by atoms with Gasteiger partial charge in [-0.15, -0.1) is 0 Å². The molecule has 2 N–H and O–H groups in total. The zero-order chi connectivity index (χ0) is 53.6. The summed E-state index contributed by atoms with van der Waals surface area (Å²) in [6.45, 7) is 10.9. The summed E-state index contributed by atoms with van der Waals surface area (Å²) >= 11 is 0. The molecule has 2 unspecified atom stereocenters. The Morgan fingerprint density at radius 3 is 1.32 bits per heavy atom. The molecule has 0 spiro atoms. The van der Waals surface area contributed by atoms with Gasteiger partial charge in [0.1, 0.15) is 5.60 Å². The molecule has 2 aliphatic rings. The van der Waals surface area contributed by atoms with E-state index in [1.165, 1.54) is 27.7 Å². The molecule has 0 fully saturated rings. The van der Waals surface area contributed by atoms with Gasteiger partial charge in [-0.2, -0.15) is 52.7 Å². The van der Waals surface area contributed by atoms with Gasteiger partial charge in [0, 0.05) is 41.1 Å². The number of carbonyl (C=O) groups excluding carboxylic acids is 3. The minimum Gasteiger partial charge on any atom is -0.460 e. The van der Waals surface area contributed by atoms with Crippen molar-refractivity contribution in [1.82, 2.24) is 0 Å². The van der Waals surface area contributed by atoms with Crippen LogP contribution in [0.25, 0.3) is 0 Å². The number of benzene rings is 4. The molecular formula is C52H53F14NO4. The van der Waals surface area contributed by atoms with Gasteiger partial charge in [-0.3, -0.25) is 14.4 Å². The van der Waals surface area contributed by atoms with E-state index in [1.54, 1.807) is 57.2 Å². The largest absolute Gasteiger partial charge is 0.460 e. The highest BCUT2D eigenvalue weighted by Crippen LogP contribution is 2.55. The van der Waals surface area contributed by atoms with E-state index in [0.29, 0.717) is 53.8 Å². The maximum atomic E-state index is 14.7. The Kier molecular flexibility index (Phi) is 16.2. The van der Waals surface area contributed by atoms with Crippen LogP contribution in [0.4, 0.5) is 61.5 Å². The average molecular weight is 1020 g/mol. The quantitative estimate of drug-likeness (QED) is 0.0868. The number of rotatable bonds is 12. The van der Waals surface area contributed by atoms with Crippen LogP contribution in [-0.4, -0.2) is 47.8 Å². The lowest BCUT2D eigenvalue weighted by Crippen LogP contribution is -2.50. The molecule has 6 rings (SSSR count). The molecule has 0 amide bonds. The lowest BCUT2D eigenvalue weighted by molar-refractivity contribution is -0.349. The first-order valence-electron chi connectivity index (χ1n) is 22.7. The Morgan fingerprint density at radius 1 is 0.563 bits per heavy atom.